The Morgan fingerprint density at radius 1 is 1.19 bits per heavy atom. The average Bonchev–Trinajstić information content (AvgIpc) is 2.24. The van der Waals surface area contributed by atoms with E-state index in [0.29, 0.717) is 5.56 Å². The number of benzene rings is 1. The second-order valence-corrected chi connectivity index (χ2v) is 4.95. The van der Waals surface area contributed by atoms with Crippen LogP contribution in [0, 0.1) is 0 Å². The van der Waals surface area contributed by atoms with E-state index in [-0.39, 0.29) is 13.0 Å². The van der Waals surface area contributed by atoms with Gasteiger partial charge in [0.25, 0.3) is 0 Å². The molecule has 0 radical (unpaired) electrons. The molecule has 0 bridgehead atoms. The van der Waals surface area contributed by atoms with E-state index in [1.165, 1.54) is 0 Å². The molecule has 2 nitrogen and oxygen atoms in total. The van der Waals surface area contributed by atoms with Crippen LogP contribution in [-0.2, 0) is 4.74 Å². The highest BCUT2D eigenvalue weighted by atomic mass is 28.5. The van der Waals surface area contributed by atoms with Crippen molar-refractivity contribution >= 4 is 15.0 Å². The first kappa shape index (κ1) is 12.8. The number of hydrogen-bond donors (Lipinski definition) is 0. The molecule has 0 aliphatic carbocycles. The lowest BCUT2D eigenvalue weighted by Crippen LogP contribution is -2.16. The fourth-order valence-electron chi connectivity index (χ4n) is 1.10. The highest BCUT2D eigenvalue weighted by Gasteiger charge is 2.35. The average molecular weight is 248 g/mol. The van der Waals surface area contributed by atoms with Crippen LogP contribution in [0.5, 0.6) is 0 Å². The zero-order valence-electron chi connectivity index (χ0n) is 8.46. The number of carbonyl (C=O) groups excluding carboxylic acids is 1. The number of carbonyl (C=O) groups is 1. The normalized spacial score (nSPS) is 11.2. The number of ether oxygens (including phenoxy) is 1. The van der Waals surface area contributed by atoms with Gasteiger partial charge in [0.15, 0.2) is 0 Å². The third-order valence-corrected chi connectivity index (χ3v) is 2.77. The van der Waals surface area contributed by atoms with Crippen molar-refractivity contribution in [2.45, 2.75) is 12.5 Å². The molecule has 0 aliphatic heterocycles. The van der Waals surface area contributed by atoms with Gasteiger partial charge < -0.3 is 4.74 Å². The van der Waals surface area contributed by atoms with Gasteiger partial charge in [-0.15, -0.1) is 0 Å². The van der Waals surface area contributed by atoms with E-state index in [2.05, 4.69) is 0 Å². The Bertz CT molecular complexity index is 338. The summed E-state index contributed by atoms with van der Waals surface area (Å²) in [5, 5.41) is 0. The van der Waals surface area contributed by atoms with E-state index in [9.17, 15) is 17.1 Å². The van der Waals surface area contributed by atoms with Crippen LogP contribution in [0.1, 0.15) is 16.8 Å². The molecular weight excluding hydrogens is 237 g/mol. The molecular formula is C10H11F3O2Si. The van der Waals surface area contributed by atoms with Crippen LogP contribution in [0.4, 0.5) is 12.3 Å². The van der Waals surface area contributed by atoms with Crippen molar-refractivity contribution in [2.75, 3.05) is 6.61 Å². The molecule has 0 atom stereocenters. The van der Waals surface area contributed by atoms with E-state index < -0.39 is 21.1 Å². The lowest BCUT2D eigenvalue weighted by molar-refractivity contribution is 0.0503. The topological polar surface area (TPSA) is 26.3 Å². The maximum absolute atomic E-state index is 11.9. The summed E-state index contributed by atoms with van der Waals surface area (Å²) in [7, 11) is -5.50. The summed E-state index contributed by atoms with van der Waals surface area (Å²) in [6.45, 7) is -0.180. The third kappa shape index (κ3) is 4.97. The molecule has 0 saturated carbocycles. The predicted molar refractivity (Wildman–Crippen MR) is 55.2 cm³/mol. The van der Waals surface area contributed by atoms with Crippen LogP contribution in [0.3, 0.4) is 0 Å². The van der Waals surface area contributed by atoms with Gasteiger partial charge in [-0.2, -0.15) is 0 Å². The first-order valence-electron chi connectivity index (χ1n) is 4.78. The molecule has 0 fully saturated rings. The van der Waals surface area contributed by atoms with Crippen molar-refractivity contribution in [2.24, 2.45) is 0 Å². The fraction of sp³-hybridized carbons (Fsp3) is 0.300. The van der Waals surface area contributed by atoms with Gasteiger partial charge in [0.05, 0.1) is 12.2 Å². The molecule has 0 aliphatic rings. The Hall–Kier alpha value is -1.30. The van der Waals surface area contributed by atoms with Crippen molar-refractivity contribution < 1.29 is 21.9 Å². The summed E-state index contributed by atoms with van der Waals surface area (Å²) < 4.78 is 40.4. The smallest absolute Gasteiger partial charge is 0.462 e. The lowest BCUT2D eigenvalue weighted by Gasteiger charge is -2.05. The highest BCUT2D eigenvalue weighted by Crippen LogP contribution is 2.16. The molecule has 0 amide bonds. The molecule has 0 heterocycles. The first-order valence-corrected chi connectivity index (χ1v) is 6.62. The largest absolute Gasteiger partial charge is 0.616 e. The fourth-order valence-corrected chi connectivity index (χ4v) is 1.64. The van der Waals surface area contributed by atoms with Crippen molar-refractivity contribution in [1.29, 1.82) is 0 Å². The number of hydrogen-bond acceptors (Lipinski definition) is 2. The minimum Gasteiger partial charge on any atom is -0.462 e. The van der Waals surface area contributed by atoms with Crippen LogP contribution < -0.4 is 0 Å². The van der Waals surface area contributed by atoms with E-state index in [0.717, 1.165) is 0 Å². The van der Waals surface area contributed by atoms with Crippen molar-refractivity contribution in [1.82, 2.24) is 0 Å². The second-order valence-electron chi connectivity index (χ2n) is 3.22. The van der Waals surface area contributed by atoms with Gasteiger partial charge in [0.2, 0.25) is 0 Å². The van der Waals surface area contributed by atoms with E-state index in [1.807, 2.05) is 0 Å². The summed E-state index contributed by atoms with van der Waals surface area (Å²) in [4.78, 5) is 11.3. The summed E-state index contributed by atoms with van der Waals surface area (Å²) >= 11 is 0. The Morgan fingerprint density at radius 3 is 2.38 bits per heavy atom. The third-order valence-electron chi connectivity index (χ3n) is 1.85. The molecule has 0 spiro atoms. The predicted octanol–water partition coefficient (Wildman–Crippen LogP) is 3.08. The molecule has 0 aromatic heterocycles. The van der Waals surface area contributed by atoms with Crippen LogP contribution in [0.25, 0.3) is 0 Å². The number of esters is 1. The standard InChI is InChI=1S/C10H11F3O2Si/c11-16(12,13)8-4-7-15-10(14)9-5-2-1-3-6-9/h1-3,5-6H,4,7-8H2. The van der Waals surface area contributed by atoms with Crippen molar-refractivity contribution in [3.8, 4) is 0 Å². The SMILES string of the molecule is O=C(OCCC[Si](F)(F)F)c1ccccc1. The van der Waals surface area contributed by atoms with Crippen LogP contribution in [0.2, 0.25) is 6.04 Å². The van der Waals surface area contributed by atoms with Crippen LogP contribution in [-0.4, -0.2) is 21.7 Å². The van der Waals surface area contributed by atoms with Gasteiger partial charge in [0, 0.05) is 6.04 Å². The Balaban J connectivity index is 2.27. The zero-order valence-corrected chi connectivity index (χ0v) is 9.46. The second kappa shape index (κ2) is 5.69. The summed E-state index contributed by atoms with van der Waals surface area (Å²) in [5.41, 5.74) is 0.353. The minimum atomic E-state index is -5.50. The Labute approximate surface area is 92.6 Å². The number of rotatable bonds is 5. The maximum atomic E-state index is 11.9. The quantitative estimate of drug-likeness (QED) is 0.346. The minimum absolute atomic E-state index is 0.145. The number of halogens is 3. The van der Waals surface area contributed by atoms with E-state index in [1.54, 1.807) is 30.3 Å². The van der Waals surface area contributed by atoms with E-state index in [4.69, 9.17) is 4.74 Å². The van der Waals surface area contributed by atoms with Gasteiger partial charge in [-0.3, -0.25) is 0 Å². The molecule has 88 valence electrons. The van der Waals surface area contributed by atoms with Gasteiger partial charge in [-0.1, -0.05) is 18.2 Å². The molecule has 6 heteroatoms. The molecule has 1 rings (SSSR count). The zero-order chi connectivity index (χ0) is 12.0. The molecule has 1 aromatic carbocycles. The monoisotopic (exact) mass is 248 g/mol. The van der Waals surface area contributed by atoms with Gasteiger partial charge in [0.1, 0.15) is 0 Å². The van der Waals surface area contributed by atoms with Gasteiger partial charge >= 0.3 is 15.0 Å². The van der Waals surface area contributed by atoms with Crippen molar-refractivity contribution in [3.05, 3.63) is 35.9 Å². The summed E-state index contributed by atoms with van der Waals surface area (Å²) in [6, 6.07) is 7.39. The highest BCUT2D eigenvalue weighted by molar-refractivity contribution is 6.58. The van der Waals surface area contributed by atoms with Gasteiger partial charge in [-0.25, -0.2) is 17.1 Å². The lowest BCUT2D eigenvalue weighted by atomic mass is 10.2. The Morgan fingerprint density at radius 2 is 1.81 bits per heavy atom. The molecule has 0 saturated heterocycles. The van der Waals surface area contributed by atoms with Crippen LogP contribution in [0.15, 0.2) is 30.3 Å². The molecule has 0 N–H and O–H groups in total. The van der Waals surface area contributed by atoms with Gasteiger partial charge in [-0.05, 0) is 18.6 Å². The molecule has 0 unspecified atom stereocenters. The van der Waals surface area contributed by atoms with Crippen LogP contribution >= 0.6 is 0 Å². The summed E-state index contributed by atoms with van der Waals surface area (Å²) in [6.07, 6.45) is -0.145. The van der Waals surface area contributed by atoms with Crippen molar-refractivity contribution in [3.63, 3.8) is 0 Å². The Kier molecular flexibility index (Phi) is 4.54. The molecule has 1 aromatic rings. The first-order chi connectivity index (χ1) is 7.49. The maximum Gasteiger partial charge on any atom is 0.616 e. The summed E-state index contributed by atoms with van der Waals surface area (Å²) in [5.74, 6) is -0.579. The molecule has 16 heavy (non-hydrogen) atoms. The van der Waals surface area contributed by atoms with E-state index >= 15 is 0 Å².